The number of hydrogen-bond donors (Lipinski definition) is 1. The number of carbonyl (C=O) groups excluding carboxylic acids is 1. The van der Waals surface area contributed by atoms with Crippen LogP contribution >= 0.6 is 23.2 Å². The van der Waals surface area contributed by atoms with Gasteiger partial charge in [0.15, 0.2) is 11.6 Å². The molecule has 0 aliphatic carbocycles. The quantitative estimate of drug-likeness (QED) is 0.372. The van der Waals surface area contributed by atoms with E-state index >= 15 is 0 Å². The summed E-state index contributed by atoms with van der Waals surface area (Å²) in [4.78, 5) is 12.5. The van der Waals surface area contributed by atoms with Crippen LogP contribution in [0.2, 0.25) is 10.0 Å². The van der Waals surface area contributed by atoms with Gasteiger partial charge in [-0.3, -0.25) is 9.48 Å². The molecule has 31 heavy (non-hydrogen) atoms. The summed E-state index contributed by atoms with van der Waals surface area (Å²) in [6, 6.07) is 18.0. The largest absolute Gasteiger partial charge is 0.486 e. The van der Waals surface area contributed by atoms with Crippen LogP contribution in [0.4, 0.5) is 5.82 Å². The minimum atomic E-state index is -0.384. The zero-order valence-electron chi connectivity index (χ0n) is 16.6. The van der Waals surface area contributed by atoms with Crippen molar-refractivity contribution in [1.82, 2.24) is 9.78 Å². The Bertz CT molecular complexity index is 1200. The summed E-state index contributed by atoms with van der Waals surface area (Å²) in [6.45, 7) is 2.67. The van der Waals surface area contributed by atoms with Crippen molar-refractivity contribution in [2.24, 2.45) is 0 Å². The lowest BCUT2D eigenvalue weighted by Crippen LogP contribution is -2.12. The highest BCUT2D eigenvalue weighted by atomic mass is 35.5. The SMILES string of the molecule is Cc1cc(OCc2ccc(C(=O)Nc3ccn(Cc4ccc(Cl)cc4)n3)o2)ccc1Cl. The number of carbonyl (C=O) groups is 1. The predicted octanol–water partition coefficient (Wildman–Crippen LogP) is 5.97. The minimum Gasteiger partial charge on any atom is -0.486 e. The first-order valence-electron chi connectivity index (χ1n) is 9.53. The molecule has 0 spiro atoms. The standard InChI is InChI=1S/C23H19Cl2N3O3/c1-15-12-18(6-8-20(15)25)30-14-19-7-9-21(31-19)23(29)26-22-10-11-28(27-22)13-16-2-4-17(24)5-3-16/h2-12H,13-14H2,1H3,(H,26,27,29). The fraction of sp³-hybridized carbons (Fsp3) is 0.130. The average Bonchev–Trinajstić information content (AvgIpc) is 3.40. The van der Waals surface area contributed by atoms with Gasteiger partial charge >= 0.3 is 0 Å². The van der Waals surface area contributed by atoms with Gasteiger partial charge < -0.3 is 14.5 Å². The van der Waals surface area contributed by atoms with Gasteiger partial charge in [0, 0.05) is 22.3 Å². The lowest BCUT2D eigenvalue weighted by Gasteiger charge is -2.06. The molecule has 2 aromatic heterocycles. The van der Waals surface area contributed by atoms with E-state index in [2.05, 4.69) is 10.4 Å². The molecular formula is C23H19Cl2N3O3. The summed E-state index contributed by atoms with van der Waals surface area (Å²) in [5.74, 6) is 1.44. The molecule has 0 aliphatic heterocycles. The van der Waals surface area contributed by atoms with Crippen molar-refractivity contribution in [3.63, 3.8) is 0 Å². The molecule has 1 amide bonds. The zero-order valence-corrected chi connectivity index (χ0v) is 18.2. The summed E-state index contributed by atoms with van der Waals surface area (Å²) in [5.41, 5.74) is 1.98. The lowest BCUT2D eigenvalue weighted by molar-refractivity contribution is 0.0992. The lowest BCUT2D eigenvalue weighted by atomic mass is 10.2. The molecule has 158 valence electrons. The maximum atomic E-state index is 12.5. The Morgan fingerprint density at radius 3 is 2.68 bits per heavy atom. The number of aromatic nitrogens is 2. The molecule has 2 heterocycles. The first-order valence-corrected chi connectivity index (χ1v) is 10.3. The molecule has 4 aromatic rings. The number of furan rings is 1. The molecule has 0 aliphatic rings. The van der Waals surface area contributed by atoms with Gasteiger partial charge in [-0.2, -0.15) is 5.10 Å². The van der Waals surface area contributed by atoms with Gasteiger partial charge in [0.05, 0.1) is 6.54 Å². The predicted molar refractivity (Wildman–Crippen MR) is 120 cm³/mol. The van der Waals surface area contributed by atoms with Crippen LogP contribution in [0.1, 0.15) is 27.4 Å². The van der Waals surface area contributed by atoms with Crippen LogP contribution in [0.5, 0.6) is 5.75 Å². The summed E-state index contributed by atoms with van der Waals surface area (Å²) in [6.07, 6.45) is 1.79. The Morgan fingerprint density at radius 1 is 1.10 bits per heavy atom. The normalized spacial score (nSPS) is 10.8. The van der Waals surface area contributed by atoms with Crippen molar-refractivity contribution in [1.29, 1.82) is 0 Å². The van der Waals surface area contributed by atoms with E-state index in [0.29, 0.717) is 33.9 Å². The molecule has 0 atom stereocenters. The second-order valence-electron chi connectivity index (χ2n) is 6.94. The molecule has 4 rings (SSSR count). The van der Waals surface area contributed by atoms with E-state index in [1.165, 1.54) is 0 Å². The van der Waals surface area contributed by atoms with Crippen LogP contribution in [0.25, 0.3) is 0 Å². The number of amides is 1. The maximum absolute atomic E-state index is 12.5. The third kappa shape index (κ3) is 5.48. The number of nitrogens with zero attached hydrogens (tertiary/aromatic N) is 2. The third-order valence-electron chi connectivity index (χ3n) is 4.54. The van der Waals surface area contributed by atoms with Gasteiger partial charge in [-0.1, -0.05) is 35.3 Å². The van der Waals surface area contributed by atoms with Crippen molar-refractivity contribution in [2.45, 2.75) is 20.1 Å². The Labute approximate surface area is 189 Å². The molecule has 0 saturated heterocycles. The molecule has 8 heteroatoms. The number of nitrogens with one attached hydrogen (secondary N) is 1. The number of rotatable bonds is 7. The van der Waals surface area contributed by atoms with Crippen LogP contribution in [0, 0.1) is 6.92 Å². The number of anilines is 1. The van der Waals surface area contributed by atoms with E-state index in [9.17, 15) is 4.79 Å². The summed E-state index contributed by atoms with van der Waals surface area (Å²) in [7, 11) is 0. The van der Waals surface area contributed by atoms with Crippen LogP contribution in [-0.4, -0.2) is 15.7 Å². The number of halogens is 2. The maximum Gasteiger partial charge on any atom is 0.292 e. The number of aryl methyl sites for hydroxylation is 1. The molecule has 1 N–H and O–H groups in total. The Morgan fingerprint density at radius 2 is 1.90 bits per heavy atom. The van der Waals surface area contributed by atoms with E-state index in [1.807, 2.05) is 37.3 Å². The number of hydrogen-bond acceptors (Lipinski definition) is 4. The third-order valence-corrected chi connectivity index (χ3v) is 5.21. The highest BCUT2D eigenvalue weighted by molar-refractivity contribution is 6.31. The second-order valence-corrected chi connectivity index (χ2v) is 7.79. The minimum absolute atomic E-state index is 0.179. The van der Waals surface area contributed by atoms with Crippen LogP contribution < -0.4 is 10.1 Å². The van der Waals surface area contributed by atoms with Crippen molar-refractivity contribution in [2.75, 3.05) is 5.32 Å². The van der Waals surface area contributed by atoms with E-state index in [0.717, 1.165) is 11.1 Å². The van der Waals surface area contributed by atoms with Gasteiger partial charge in [-0.15, -0.1) is 0 Å². The molecule has 6 nitrogen and oxygen atoms in total. The molecular weight excluding hydrogens is 437 g/mol. The summed E-state index contributed by atoms with van der Waals surface area (Å²) in [5, 5.41) is 8.46. The summed E-state index contributed by atoms with van der Waals surface area (Å²) >= 11 is 11.9. The molecule has 0 fully saturated rings. The smallest absolute Gasteiger partial charge is 0.292 e. The van der Waals surface area contributed by atoms with Crippen LogP contribution in [0.3, 0.4) is 0 Å². The van der Waals surface area contributed by atoms with Crippen LogP contribution in [0.15, 0.2) is 71.3 Å². The van der Waals surface area contributed by atoms with Crippen LogP contribution in [-0.2, 0) is 13.2 Å². The second kappa shape index (κ2) is 9.29. The van der Waals surface area contributed by atoms with Crippen molar-refractivity contribution >= 4 is 34.9 Å². The van der Waals surface area contributed by atoms with E-state index in [-0.39, 0.29) is 18.3 Å². The van der Waals surface area contributed by atoms with E-state index in [1.54, 1.807) is 41.2 Å². The van der Waals surface area contributed by atoms with Gasteiger partial charge in [0.1, 0.15) is 18.1 Å². The Kier molecular flexibility index (Phi) is 6.30. The summed E-state index contributed by atoms with van der Waals surface area (Å²) < 4.78 is 13.0. The monoisotopic (exact) mass is 455 g/mol. The zero-order chi connectivity index (χ0) is 21.8. The molecule has 0 radical (unpaired) electrons. The number of ether oxygens (including phenoxy) is 1. The van der Waals surface area contributed by atoms with E-state index in [4.69, 9.17) is 32.4 Å². The van der Waals surface area contributed by atoms with Crippen molar-refractivity contribution < 1.29 is 13.9 Å². The molecule has 2 aromatic carbocycles. The molecule has 0 saturated carbocycles. The number of benzene rings is 2. The Hall–Kier alpha value is -3.22. The van der Waals surface area contributed by atoms with Gasteiger partial charge in [-0.05, 0) is 60.5 Å². The highest BCUT2D eigenvalue weighted by Crippen LogP contribution is 2.22. The first-order chi connectivity index (χ1) is 15.0. The fourth-order valence-electron chi connectivity index (χ4n) is 2.91. The van der Waals surface area contributed by atoms with Gasteiger partial charge in [0.2, 0.25) is 0 Å². The van der Waals surface area contributed by atoms with E-state index < -0.39 is 0 Å². The van der Waals surface area contributed by atoms with Crippen molar-refractivity contribution in [3.05, 3.63) is 99.6 Å². The highest BCUT2D eigenvalue weighted by Gasteiger charge is 2.13. The first kappa shape index (κ1) is 21.0. The van der Waals surface area contributed by atoms with Gasteiger partial charge in [0.25, 0.3) is 5.91 Å². The average molecular weight is 456 g/mol. The molecule has 0 bridgehead atoms. The Balaban J connectivity index is 1.33. The fourth-order valence-corrected chi connectivity index (χ4v) is 3.15. The van der Waals surface area contributed by atoms with Crippen molar-refractivity contribution in [3.8, 4) is 5.75 Å². The van der Waals surface area contributed by atoms with Gasteiger partial charge in [-0.25, -0.2) is 0 Å². The molecule has 0 unspecified atom stereocenters. The topological polar surface area (TPSA) is 69.3 Å².